The number of rotatable bonds is 7. The molecule has 0 aliphatic rings. The first-order valence-corrected chi connectivity index (χ1v) is 6.02. The highest BCUT2D eigenvalue weighted by Crippen LogP contribution is 2.23. The molecule has 4 nitrogen and oxygen atoms in total. The second-order valence-electron chi connectivity index (χ2n) is 4.38. The predicted octanol–water partition coefficient (Wildman–Crippen LogP) is 2.22. The van der Waals surface area contributed by atoms with Crippen LogP contribution in [-0.2, 0) is 0 Å². The second kappa shape index (κ2) is 7.12. The molecule has 4 heteroatoms. The maximum absolute atomic E-state index is 8.92. The average molecular weight is 238 g/mol. The van der Waals surface area contributed by atoms with Crippen LogP contribution in [0.1, 0.15) is 25.5 Å². The van der Waals surface area contributed by atoms with Crippen molar-refractivity contribution in [3.05, 3.63) is 18.0 Å². The van der Waals surface area contributed by atoms with Crippen LogP contribution >= 0.6 is 0 Å². The Balaban J connectivity index is 2.42. The number of aliphatic hydroxyl groups is 1. The summed E-state index contributed by atoms with van der Waals surface area (Å²) in [6, 6.07) is 1.98. The number of methoxy groups -OCH3 is 1. The monoisotopic (exact) mass is 238 g/mol. The molecule has 1 heterocycles. The van der Waals surface area contributed by atoms with Crippen LogP contribution in [0.5, 0.6) is 5.75 Å². The van der Waals surface area contributed by atoms with Crippen molar-refractivity contribution in [2.45, 2.75) is 26.7 Å². The first-order chi connectivity index (χ1) is 8.17. The summed E-state index contributed by atoms with van der Waals surface area (Å²) in [5.74, 6) is 1.14. The number of ether oxygens (including phenoxy) is 1. The van der Waals surface area contributed by atoms with Gasteiger partial charge in [0.05, 0.1) is 19.0 Å². The molecule has 1 atom stereocenters. The molecule has 17 heavy (non-hydrogen) atoms. The van der Waals surface area contributed by atoms with Crippen LogP contribution in [0.15, 0.2) is 12.3 Å². The molecule has 1 aromatic heterocycles. The van der Waals surface area contributed by atoms with Crippen molar-refractivity contribution in [3.8, 4) is 5.75 Å². The summed E-state index contributed by atoms with van der Waals surface area (Å²) in [6.07, 6.45) is 3.79. The fraction of sp³-hybridized carbons (Fsp3) is 0.615. The second-order valence-corrected chi connectivity index (χ2v) is 4.38. The van der Waals surface area contributed by atoms with E-state index in [-0.39, 0.29) is 6.61 Å². The highest BCUT2D eigenvalue weighted by atomic mass is 16.5. The van der Waals surface area contributed by atoms with E-state index in [1.165, 1.54) is 0 Å². The Hall–Kier alpha value is -1.29. The van der Waals surface area contributed by atoms with Crippen molar-refractivity contribution in [2.75, 3.05) is 25.6 Å². The normalized spacial score (nSPS) is 12.2. The predicted molar refractivity (Wildman–Crippen MR) is 69.5 cm³/mol. The van der Waals surface area contributed by atoms with E-state index in [0.717, 1.165) is 36.5 Å². The first-order valence-electron chi connectivity index (χ1n) is 6.02. The topological polar surface area (TPSA) is 54.4 Å². The maximum Gasteiger partial charge on any atom is 0.160 e. The van der Waals surface area contributed by atoms with Gasteiger partial charge in [-0.15, -0.1) is 0 Å². The van der Waals surface area contributed by atoms with Gasteiger partial charge in [0, 0.05) is 18.8 Å². The van der Waals surface area contributed by atoms with Gasteiger partial charge in [0.1, 0.15) is 0 Å². The van der Waals surface area contributed by atoms with E-state index in [9.17, 15) is 0 Å². The first kappa shape index (κ1) is 13.8. The summed E-state index contributed by atoms with van der Waals surface area (Å²) in [5.41, 5.74) is 1.95. The Bertz CT molecular complexity index is 342. The zero-order valence-corrected chi connectivity index (χ0v) is 10.9. The molecule has 0 aromatic carbocycles. The smallest absolute Gasteiger partial charge is 0.160 e. The Kier molecular flexibility index (Phi) is 5.77. The Morgan fingerprint density at radius 1 is 1.53 bits per heavy atom. The van der Waals surface area contributed by atoms with Crippen LogP contribution in [0.25, 0.3) is 0 Å². The summed E-state index contributed by atoms with van der Waals surface area (Å²) in [6.45, 7) is 5.15. The lowest BCUT2D eigenvalue weighted by Gasteiger charge is -2.12. The summed E-state index contributed by atoms with van der Waals surface area (Å²) in [7, 11) is 1.64. The van der Waals surface area contributed by atoms with Gasteiger partial charge < -0.3 is 15.2 Å². The SMILES string of the molecule is COc1cnc(C)cc1NCCCC(C)CO. The molecule has 0 aliphatic heterocycles. The molecule has 0 saturated heterocycles. The highest BCUT2D eigenvalue weighted by Gasteiger charge is 2.04. The number of hydrogen-bond acceptors (Lipinski definition) is 4. The van der Waals surface area contributed by atoms with Crippen LogP contribution in [0.3, 0.4) is 0 Å². The molecule has 0 radical (unpaired) electrons. The van der Waals surface area contributed by atoms with Gasteiger partial charge in [0.25, 0.3) is 0 Å². The van der Waals surface area contributed by atoms with E-state index in [1.54, 1.807) is 13.3 Å². The number of nitrogens with one attached hydrogen (secondary N) is 1. The van der Waals surface area contributed by atoms with Gasteiger partial charge in [0.15, 0.2) is 5.75 Å². The van der Waals surface area contributed by atoms with Gasteiger partial charge in [-0.1, -0.05) is 6.92 Å². The molecule has 0 aliphatic carbocycles. The summed E-state index contributed by atoms with van der Waals surface area (Å²) in [5, 5.41) is 12.3. The minimum Gasteiger partial charge on any atom is -0.493 e. The van der Waals surface area contributed by atoms with Gasteiger partial charge in [-0.25, -0.2) is 0 Å². The maximum atomic E-state index is 8.92. The molecular weight excluding hydrogens is 216 g/mol. The molecule has 2 N–H and O–H groups in total. The molecule has 96 valence electrons. The van der Waals surface area contributed by atoms with Crippen molar-refractivity contribution in [1.82, 2.24) is 4.98 Å². The summed E-state index contributed by atoms with van der Waals surface area (Å²) >= 11 is 0. The lowest BCUT2D eigenvalue weighted by atomic mass is 10.1. The number of pyridine rings is 1. The van der Waals surface area contributed by atoms with E-state index in [1.807, 2.05) is 13.0 Å². The van der Waals surface area contributed by atoms with E-state index in [0.29, 0.717) is 5.92 Å². The molecule has 0 bridgehead atoms. The van der Waals surface area contributed by atoms with Crippen molar-refractivity contribution in [3.63, 3.8) is 0 Å². The molecule has 1 aromatic rings. The largest absolute Gasteiger partial charge is 0.493 e. The van der Waals surface area contributed by atoms with E-state index in [4.69, 9.17) is 9.84 Å². The van der Waals surface area contributed by atoms with Crippen LogP contribution in [0.4, 0.5) is 5.69 Å². The molecule has 0 fully saturated rings. The summed E-state index contributed by atoms with van der Waals surface area (Å²) in [4.78, 5) is 4.18. The molecule has 0 amide bonds. The Morgan fingerprint density at radius 2 is 2.29 bits per heavy atom. The highest BCUT2D eigenvalue weighted by molar-refractivity contribution is 5.55. The van der Waals surface area contributed by atoms with Crippen LogP contribution in [0.2, 0.25) is 0 Å². The van der Waals surface area contributed by atoms with Gasteiger partial charge >= 0.3 is 0 Å². The van der Waals surface area contributed by atoms with Gasteiger partial charge in [-0.05, 0) is 31.7 Å². The van der Waals surface area contributed by atoms with Gasteiger partial charge in [0.2, 0.25) is 0 Å². The lowest BCUT2D eigenvalue weighted by Crippen LogP contribution is -2.07. The number of aryl methyl sites for hydroxylation is 1. The fourth-order valence-corrected chi connectivity index (χ4v) is 1.61. The van der Waals surface area contributed by atoms with Crippen LogP contribution in [-0.4, -0.2) is 30.4 Å². The quantitative estimate of drug-likeness (QED) is 0.715. The standard InChI is InChI=1S/C13H22N2O2/c1-10(9-16)5-4-6-14-12-7-11(2)15-8-13(12)17-3/h7-8,10,16H,4-6,9H2,1-3H3,(H,14,15). The zero-order valence-electron chi connectivity index (χ0n) is 10.9. The minimum atomic E-state index is 0.262. The fourth-order valence-electron chi connectivity index (χ4n) is 1.61. The molecule has 0 saturated carbocycles. The Morgan fingerprint density at radius 3 is 2.94 bits per heavy atom. The zero-order chi connectivity index (χ0) is 12.7. The van der Waals surface area contributed by atoms with Crippen LogP contribution < -0.4 is 10.1 Å². The number of aromatic nitrogens is 1. The number of aliphatic hydroxyl groups excluding tert-OH is 1. The third-order valence-corrected chi connectivity index (χ3v) is 2.72. The van der Waals surface area contributed by atoms with Crippen molar-refractivity contribution >= 4 is 5.69 Å². The number of hydrogen-bond donors (Lipinski definition) is 2. The van der Waals surface area contributed by atoms with Crippen molar-refractivity contribution in [1.29, 1.82) is 0 Å². The van der Waals surface area contributed by atoms with E-state index >= 15 is 0 Å². The van der Waals surface area contributed by atoms with E-state index in [2.05, 4.69) is 17.2 Å². The van der Waals surface area contributed by atoms with Crippen LogP contribution in [0, 0.1) is 12.8 Å². The number of nitrogens with zero attached hydrogens (tertiary/aromatic N) is 1. The van der Waals surface area contributed by atoms with Gasteiger partial charge in [-0.3, -0.25) is 4.98 Å². The van der Waals surface area contributed by atoms with Crippen molar-refractivity contribution < 1.29 is 9.84 Å². The molecule has 1 rings (SSSR count). The third-order valence-electron chi connectivity index (χ3n) is 2.72. The minimum absolute atomic E-state index is 0.262. The van der Waals surface area contributed by atoms with E-state index < -0.39 is 0 Å². The summed E-state index contributed by atoms with van der Waals surface area (Å²) < 4.78 is 5.23. The molecular formula is C13H22N2O2. The lowest BCUT2D eigenvalue weighted by molar-refractivity contribution is 0.229. The average Bonchev–Trinajstić information content (AvgIpc) is 2.34. The van der Waals surface area contributed by atoms with Crippen molar-refractivity contribution in [2.24, 2.45) is 5.92 Å². The molecule has 1 unspecified atom stereocenters. The number of anilines is 1. The van der Waals surface area contributed by atoms with Gasteiger partial charge in [-0.2, -0.15) is 0 Å². The Labute approximate surface area is 103 Å². The third kappa shape index (κ3) is 4.61. The molecule has 0 spiro atoms.